The van der Waals surface area contributed by atoms with E-state index in [4.69, 9.17) is 16.3 Å². The topological polar surface area (TPSA) is 92.6 Å². The van der Waals surface area contributed by atoms with Gasteiger partial charge in [-0.15, -0.1) is 0 Å². The number of anilines is 3. The lowest BCUT2D eigenvalue weighted by atomic mass is 10.00. The summed E-state index contributed by atoms with van der Waals surface area (Å²) in [5, 5.41) is 4.51. The van der Waals surface area contributed by atoms with Crippen molar-refractivity contribution in [3.05, 3.63) is 45.8 Å². The Balaban J connectivity index is 1.42. The summed E-state index contributed by atoms with van der Waals surface area (Å²) in [6.45, 7) is 4.73. The van der Waals surface area contributed by atoms with Crippen molar-refractivity contribution in [2.45, 2.75) is 32.3 Å². The Hall–Kier alpha value is -3.33. The molecular formula is C25H29ClN6O3. The molecule has 5 rings (SSSR count). The van der Waals surface area contributed by atoms with Crippen LogP contribution in [-0.2, 0) is 11.8 Å². The number of hydrogen-bond acceptors (Lipinski definition) is 7. The van der Waals surface area contributed by atoms with Crippen molar-refractivity contribution in [3.8, 4) is 5.75 Å². The smallest absolute Gasteiger partial charge is 0.293 e. The van der Waals surface area contributed by atoms with E-state index in [-0.39, 0.29) is 17.2 Å². The number of hydrogen-bond donors (Lipinski definition) is 1. The van der Waals surface area contributed by atoms with E-state index in [1.54, 1.807) is 31.3 Å². The normalized spacial score (nSPS) is 19.0. The Labute approximate surface area is 208 Å². The van der Waals surface area contributed by atoms with Crippen molar-refractivity contribution in [1.82, 2.24) is 19.4 Å². The first-order chi connectivity index (χ1) is 16.8. The molecule has 184 valence electrons. The summed E-state index contributed by atoms with van der Waals surface area (Å²) in [5.41, 5.74) is 1.23. The zero-order valence-corrected chi connectivity index (χ0v) is 20.9. The van der Waals surface area contributed by atoms with E-state index in [2.05, 4.69) is 27.1 Å². The number of pyridine rings is 1. The fraction of sp³-hybridized carbons (Fsp3) is 0.440. The van der Waals surface area contributed by atoms with Gasteiger partial charge in [0.25, 0.3) is 11.5 Å². The molecule has 4 heterocycles. The monoisotopic (exact) mass is 496 g/mol. The van der Waals surface area contributed by atoms with Crippen LogP contribution in [0.25, 0.3) is 10.9 Å². The van der Waals surface area contributed by atoms with Crippen molar-refractivity contribution < 1.29 is 9.53 Å². The highest BCUT2D eigenvalue weighted by Gasteiger charge is 2.31. The average molecular weight is 497 g/mol. The lowest BCUT2D eigenvalue weighted by Crippen LogP contribution is -2.34. The van der Waals surface area contributed by atoms with Crippen molar-refractivity contribution in [2.24, 2.45) is 13.0 Å². The van der Waals surface area contributed by atoms with E-state index >= 15 is 0 Å². The molecule has 3 aromatic rings. The zero-order chi connectivity index (χ0) is 24.7. The van der Waals surface area contributed by atoms with Crippen molar-refractivity contribution in [1.29, 1.82) is 0 Å². The molecule has 0 saturated carbocycles. The molecule has 1 aromatic carbocycles. The summed E-state index contributed by atoms with van der Waals surface area (Å²) in [7, 11) is 3.43. The maximum atomic E-state index is 12.8. The Kier molecular flexibility index (Phi) is 6.27. The highest BCUT2D eigenvalue weighted by atomic mass is 35.5. The van der Waals surface area contributed by atoms with Crippen LogP contribution in [0.4, 0.5) is 17.5 Å². The molecule has 35 heavy (non-hydrogen) atoms. The van der Waals surface area contributed by atoms with Gasteiger partial charge in [0.2, 0.25) is 5.95 Å². The predicted molar refractivity (Wildman–Crippen MR) is 137 cm³/mol. The molecule has 1 N–H and O–H groups in total. The average Bonchev–Trinajstić information content (AvgIpc) is 3.16. The molecule has 2 fully saturated rings. The number of rotatable bonds is 5. The van der Waals surface area contributed by atoms with Gasteiger partial charge in [0.1, 0.15) is 5.02 Å². The second kappa shape index (κ2) is 9.37. The fourth-order valence-electron chi connectivity index (χ4n) is 4.61. The van der Waals surface area contributed by atoms with Gasteiger partial charge in [-0.3, -0.25) is 9.59 Å². The van der Waals surface area contributed by atoms with E-state index in [1.165, 1.54) is 4.57 Å². The molecule has 1 atom stereocenters. The van der Waals surface area contributed by atoms with Gasteiger partial charge in [0.15, 0.2) is 17.7 Å². The van der Waals surface area contributed by atoms with Crippen LogP contribution in [0.3, 0.4) is 0 Å². The Morgan fingerprint density at radius 1 is 1.09 bits per heavy atom. The Bertz CT molecular complexity index is 1330. The van der Waals surface area contributed by atoms with Crippen LogP contribution in [0.1, 0.15) is 26.2 Å². The summed E-state index contributed by atoms with van der Waals surface area (Å²) >= 11 is 6.41. The number of likely N-dealkylation sites (tertiary alicyclic amines) is 1. The summed E-state index contributed by atoms with van der Waals surface area (Å²) in [5.74, 6) is 1.95. The lowest BCUT2D eigenvalue weighted by Gasteiger charge is -2.30. The first-order valence-corrected chi connectivity index (χ1v) is 12.3. The first kappa shape index (κ1) is 23.4. The van der Waals surface area contributed by atoms with Crippen LogP contribution in [0.2, 0.25) is 5.02 Å². The number of ether oxygens (including phenoxy) is 1. The minimum absolute atomic E-state index is 0.111. The number of aromatic nitrogens is 3. The van der Waals surface area contributed by atoms with Gasteiger partial charge in [-0.25, -0.2) is 4.98 Å². The number of nitrogens with zero attached hydrogens (tertiary/aromatic N) is 5. The maximum Gasteiger partial charge on any atom is 0.293 e. The van der Waals surface area contributed by atoms with Gasteiger partial charge in [-0.05, 0) is 43.0 Å². The number of fused-ring (bicyclic) bond motifs is 1. The fourth-order valence-corrected chi connectivity index (χ4v) is 4.75. The second-order valence-electron chi connectivity index (χ2n) is 9.46. The number of aryl methyl sites for hydroxylation is 1. The van der Waals surface area contributed by atoms with Gasteiger partial charge >= 0.3 is 0 Å². The molecule has 1 unspecified atom stereocenters. The Morgan fingerprint density at radius 2 is 1.86 bits per heavy atom. The minimum atomic E-state index is -0.637. The van der Waals surface area contributed by atoms with E-state index in [0.717, 1.165) is 42.5 Å². The molecule has 2 aliphatic rings. The summed E-state index contributed by atoms with van der Waals surface area (Å²) < 4.78 is 7.39. The van der Waals surface area contributed by atoms with Crippen LogP contribution in [-0.4, -0.2) is 58.1 Å². The summed E-state index contributed by atoms with van der Waals surface area (Å²) in [6, 6.07) is 7.33. The third kappa shape index (κ3) is 4.65. The quantitative estimate of drug-likeness (QED) is 0.577. The van der Waals surface area contributed by atoms with Crippen LogP contribution < -0.4 is 20.5 Å². The van der Waals surface area contributed by atoms with E-state index < -0.39 is 6.10 Å². The van der Waals surface area contributed by atoms with Crippen molar-refractivity contribution >= 4 is 45.9 Å². The molecule has 2 saturated heterocycles. The third-order valence-electron chi connectivity index (χ3n) is 6.90. The number of benzene rings is 1. The molecule has 0 bridgehead atoms. The molecule has 2 aromatic heterocycles. The number of halogens is 1. The highest BCUT2D eigenvalue weighted by molar-refractivity contribution is 6.32. The predicted octanol–water partition coefficient (Wildman–Crippen LogP) is 3.57. The van der Waals surface area contributed by atoms with Crippen molar-refractivity contribution in [3.63, 3.8) is 0 Å². The standard InChI is InChI=1S/C25H29ClN6O3/c1-15-6-10-32(11-7-15)25-27-14-18(26)22(29-25)28-17-4-5-19-16(12-17)13-21(24(34)31(19)3)35-20-8-9-30(2)23(20)33/h4-5,12-15,20H,6-11H2,1-3H3,(H,27,28,29). The molecular weight excluding hydrogens is 468 g/mol. The number of likely N-dealkylation sites (N-methyl/N-ethyl adjacent to an activating group) is 1. The number of nitrogens with one attached hydrogen (secondary N) is 1. The van der Waals surface area contributed by atoms with E-state index in [0.29, 0.717) is 35.7 Å². The van der Waals surface area contributed by atoms with Crippen LogP contribution in [0.5, 0.6) is 5.75 Å². The van der Waals surface area contributed by atoms with Crippen LogP contribution in [0, 0.1) is 5.92 Å². The second-order valence-corrected chi connectivity index (χ2v) is 9.87. The molecule has 0 spiro atoms. The third-order valence-corrected chi connectivity index (χ3v) is 7.18. The van der Waals surface area contributed by atoms with Crippen LogP contribution >= 0.6 is 11.6 Å². The minimum Gasteiger partial charge on any atom is -0.475 e. The summed E-state index contributed by atoms with van der Waals surface area (Å²) in [6.07, 6.45) is 3.78. The highest BCUT2D eigenvalue weighted by Crippen LogP contribution is 2.29. The Morgan fingerprint density at radius 3 is 2.57 bits per heavy atom. The number of amides is 1. The summed E-state index contributed by atoms with van der Waals surface area (Å²) in [4.78, 5) is 38.0. The first-order valence-electron chi connectivity index (χ1n) is 11.9. The van der Waals surface area contributed by atoms with Gasteiger partial charge in [-0.2, -0.15) is 4.98 Å². The van der Waals surface area contributed by atoms with Gasteiger partial charge < -0.3 is 24.4 Å². The zero-order valence-electron chi connectivity index (χ0n) is 20.1. The number of carbonyl (C=O) groups is 1. The number of carbonyl (C=O) groups excluding carboxylic acids is 1. The molecule has 1 amide bonds. The largest absolute Gasteiger partial charge is 0.475 e. The van der Waals surface area contributed by atoms with Gasteiger partial charge in [-0.1, -0.05) is 18.5 Å². The SMILES string of the molecule is CC1CCN(c2ncc(Cl)c(Nc3ccc4c(c3)cc(OC3CCN(C)C3=O)c(=O)n4C)n2)CC1. The van der Waals surface area contributed by atoms with E-state index in [9.17, 15) is 9.59 Å². The molecule has 2 aliphatic heterocycles. The van der Waals surface area contributed by atoms with Crippen molar-refractivity contribution in [2.75, 3.05) is 36.9 Å². The lowest BCUT2D eigenvalue weighted by molar-refractivity contribution is -0.132. The maximum absolute atomic E-state index is 12.8. The molecule has 10 heteroatoms. The molecule has 0 radical (unpaired) electrons. The van der Waals surface area contributed by atoms with Gasteiger partial charge in [0, 0.05) is 51.2 Å². The number of piperidine rings is 1. The molecule has 9 nitrogen and oxygen atoms in total. The molecule has 0 aliphatic carbocycles. The van der Waals surface area contributed by atoms with E-state index in [1.807, 2.05) is 18.2 Å². The van der Waals surface area contributed by atoms with Crippen LogP contribution in [0.15, 0.2) is 35.3 Å². The van der Waals surface area contributed by atoms with Gasteiger partial charge in [0.05, 0.1) is 11.7 Å².